The lowest BCUT2D eigenvalue weighted by atomic mass is 9.53. The lowest BCUT2D eigenvalue weighted by Crippen LogP contribution is -2.61. The summed E-state index contributed by atoms with van der Waals surface area (Å²) in [5.41, 5.74) is 1.53. The molecule has 5 rings (SSSR count). The SMILES string of the molecule is Cc1ccc(C(=O)O[C@@H](C)C(=O)NC23CC4CC(CC(C4)C2)C3)cc1. The van der Waals surface area contributed by atoms with Gasteiger partial charge in [-0.15, -0.1) is 0 Å². The fourth-order valence-electron chi connectivity index (χ4n) is 5.60. The number of hydrogen-bond acceptors (Lipinski definition) is 3. The zero-order valence-electron chi connectivity index (χ0n) is 15.1. The number of amides is 1. The number of ether oxygens (including phenoxy) is 1. The molecule has 0 radical (unpaired) electrons. The minimum atomic E-state index is -0.762. The highest BCUT2D eigenvalue weighted by Gasteiger charge is 2.51. The van der Waals surface area contributed by atoms with Gasteiger partial charge in [0.15, 0.2) is 6.10 Å². The van der Waals surface area contributed by atoms with E-state index in [9.17, 15) is 9.59 Å². The standard InChI is InChI=1S/C21H27NO3/c1-13-3-5-18(6-4-13)20(24)25-14(2)19(23)22-21-10-15-7-16(11-21)9-17(8-15)12-21/h3-6,14-17H,7-12H2,1-2H3,(H,22,23)/t14-,15?,16?,17?,21?/m0/s1. The number of nitrogens with one attached hydrogen (secondary N) is 1. The molecule has 0 heterocycles. The van der Waals surface area contributed by atoms with Gasteiger partial charge in [0.1, 0.15) is 0 Å². The molecule has 134 valence electrons. The molecule has 25 heavy (non-hydrogen) atoms. The predicted molar refractivity (Wildman–Crippen MR) is 95.1 cm³/mol. The average Bonchev–Trinajstić information content (AvgIpc) is 2.53. The maximum atomic E-state index is 12.7. The Kier molecular flexibility index (Phi) is 4.09. The highest BCUT2D eigenvalue weighted by molar-refractivity contribution is 5.92. The molecule has 0 saturated heterocycles. The number of rotatable bonds is 4. The van der Waals surface area contributed by atoms with Crippen LogP contribution in [0.5, 0.6) is 0 Å². The van der Waals surface area contributed by atoms with E-state index in [4.69, 9.17) is 4.74 Å². The van der Waals surface area contributed by atoms with Crippen LogP contribution in [0.25, 0.3) is 0 Å². The van der Waals surface area contributed by atoms with Crippen molar-refractivity contribution in [3.63, 3.8) is 0 Å². The molecule has 4 bridgehead atoms. The van der Waals surface area contributed by atoms with Gasteiger partial charge in [0, 0.05) is 5.54 Å². The van der Waals surface area contributed by atoms with Crippen LogP contribution < -0.4 is 5.32 Å². The topological polar surface area (TPSA) is 55.4 Å². The molecule has 4 fully saturated rings. The molecule has 0 aliphatic heterocycles. The number of esters is 1. The first kappa shape index (κ1) is 16.6. The molecule has 4 nitrogen and oxygen atoms in total. The van der Waals surface area contributed by atoms with Crippen LogP contribution in [0.3, 0.4) is 0 Å². The average molecular weight is 341 g/mol. The van der Waals surface area contributed by atoms with Crippen molar-refractivity contribution in [2.75, 3.05) is 0 Å². The maximum absolute atomic E-state index is 12.7. The molecule has 1 atom stereocenters. The second kappa shape index (κ2) is 6.15. The van der Waals surface area contributed by atoms with Crippen molar-refractivity contribution >= 4 is 11.9 Å². The van der Waals surface area contributed by atoms with Crippen LogP contribution in [0.4, 0.5) is 0 Å². The van der Waals surface area contributed by atoms with E-state index in [0.29, 0.717) is 5.56 Å². The lowest BCUT2D eigenvalue weighted by Gasteiger charge is -2.57. The summed E-state index contributed by atoms with van der Waals surface area (Å²) in [5.74, 6) is 1.74. The molecular weight excluding hydrogens is 314 g/mol. The van der Waals surface area contributed by atoms with Crippen LogP contribution in [0, 0.1) is 24.7 Å². The highest BCUT2D eigenvalue weighted by Crippen LogP contribution is 2.55. The monoisotopic (exact) mass is 341 g/mol. The van der Waals surface area contributed by atoms with Crippen LogP contribution in [-0.4, -0.2) is 23.5 Å². The second-order valence-electron chi connectivity index (χ2n) is 8.60. The third-order valence-corrected chi connectivity index (χ3v) is 6.37. The Morgan fingerprint density at radius 1 is 1.04 bits per heavy atom. The van der Waals surface area contributed by atoms with E-state index in [1.54, 1.807) is 19.1 Å². The molecule has 1 N–H and O–H groups in total. The Labute approximate surface area is 149 Å². The van der Waals surface area contributed by atoms with E-state index < -0.39 is 12.1 Å². The first-order valence-corrected chi connectivity index (χ1v) is 9.52. The quantitative estimate of drug-likeness (QED) is 0.851. The zero-order chi connectivity index (χ0) is 17.6. The van der Waals surface area contributed by atoms with Crippen LogP contribution in [-0.2, 0) is 9.53 Å². The minimum Gasteiger partial charge on any atom is -0.449 e. The van der Waals surface area contributed by atoms with Gasteiger partial charge >= 0.3 is 5.97 Å². The van der Waals surface area contributed by atoms with Crippen LogP contribution in [0.2, 0.25) is 0 Å². The van der Waals surface area contributed by atoms with Crippen LogP contribution >= 0.6 is 0 Å². The van der Waals surface area contributed by atoms with E-state index in [0.717, 1.165) is 42.6 Å². The summed E-state index contributed by atoms with van der Waals surface area (Å²) in [6.45, 7) is 3.64. The summed E-state index contributed by atoms with van der Waals surface area (Å²) in [4.78, 5) is 24.9. The van der Waals surface area contributed by atoms with E-state index in [1.807, 2.05) is 19.1 Å². The largest absolute Gasteiger partial charge is 0.449 e. The summed E-state index contributed by atoms with van der Waals surface area (Å²) >= 11 is 0. The van der Waals surface area contributed by atoms with E-state index in [1.165, 1.54) is 19.3 Å². The number of hydrogen-bond donors (Lipinski definition) is 1. The summed E-state index contributed by atoms with van der Waals surface area (Å²) in [7, 11) is 0. The van der Waals surface area contributed by atoms with Crippen LogP contribution in [0.1, 0.15) is 61.4 Å². The zero-order valence-corrected chi connectivity index (χ0v) is 15.1. The molecule has 4 saturated carbocycles. The van der Waals surface area contributed by atoms with Gasteiger partial charge in [-0.1, -0.05) is 17.7 Å². The van der Waals surface area contributed by atoms with Crippen molar-refractivity contribution in [1.29, 1.82) is 0 Å². The molecule has 0 unspecified atom stereocenters. The Balaban J connectivity index is 1.38. The fraction of sp³-hybridized carbons (Fsp3) is 0.619. The first-order valence-electron chi connectivity index (χ1n) is 9.52. The van der Waals surface area contributed by atoms with E-state index in [2.05, 4.69) is 5.32 Å². The number of carbonyl (C=O) groups excluding carboxylic acids is 2. The van der Waals surface area contributed by atoms with E-state index in [-0.39, 0.29) is 11.4 Å². The third-order valence-electron chi connectivity index (χ3n) is 6.37. The Hall–Kier alpha value is -1.84. The summed E-state index contributed by atoms with van der Waals surface area (Å²) < 4.78 is 5.40. The molecule has 4 aliphatic carbocycles. The van der Waals surface area contributed by atoms with Gasteiger partial charge in [0.05, 0.1) is 5.56 Å². The van der Waals surface area contributed by atoms with Gasteiger partial charge in [-0.05, 0) is 82.3 Å². The van der Waals surface area contributed by atoms with Crippen LogP contribution in [0.15, 0.2) is 24.3 Å². The Morgan fingerprint density at radius 3 is 2.08 bits per heavy atom. The maximum Gasteiger partial charge on any atom is 0.338 e. The van der Waals surface area contributed by atoms with Crippen molar-refractivity contribution in [1.82, 2.24) is 5.32 Å². The Bertz CT molecular complexity index is 644. The van der Waals surface area contributed by atoms with E-state index >= 15 is 0 Å². The highest BCUT2D eigenvalue weighted by atomic mass is 16.5. The van der Waals surface area contributed by atoms with Crippen molar-refractivity contribution in [2.24, 2.45) is 17.8 Å². The molecule has 1 aromatic rings. The predicted octanol–water partition coefficient (Wildman–Crippen LogP) is 3.63. The van der Waals surface area contributed by atoms with Gasteiger partial charge in [-0.3, -0.25) is 4.79 Å². The molecule has 0 spiro atoms. The number of aryl methyl sites for hydroxylation is 1. The van der Waals surface area contributed by atoms with Gasteiger partial charge in [-0.25, -0.2) is 4.79 Å². The molecule has 1 aromatic carbocycles. The second-order valence-corrected chi connectivity index (χ2v) is 8.60. The summed E-state index contributed by atoms with van der Waals surface area (Å²) in [5, 5.41) is 3.27. The fourth-order valence-corrected chi connectivity index (χ4v) is 5.60. The van der Waals surface area contributed by atoms with Gasteiger partial charge < -0.3 is 10.1 Å². The normalized spacial score (nSPS) is 33.8. The summed E-state index contributed by atoms with van der Waals surface area (Å²) in [6, 6.07) is 7.22. The molecule has 0 aromatic heterocycles. The van der Waals surface area contributed by atoms with Crippen molar-refractivity contribution in [3.8, 4) is 0 Å². The van der Waals surface area contributed by atoms with Crippen molar-refractivity contribution in [3.05, 3.63) is 35.4 Å². The molecular formula is C21H27NO3. The minimum absolute atomic E-state index is 0.0453. The first-order chi connectivity index (χ1) is 11.9. The third kappa shape index (κ3) is 3.31. The Morgan fingerprint density at radius 2 is 1.56 bits per heavy atom. The molecule has 4 aliphatic rings. The smallest absolute Gasteiger partial charge is 0.338 e. The number of benzene rings is 1. The van der Waals surface area contributed by atoms with Gasteiger partial charge in [0.25, 0.3) is 5.91 Å². The van der Waals surface area contributed by atoms with Gasteiger partial charge in [0.2, 0.25) is 0 Å². The molecule has 4 heteroatoms. The number of carbonyl (C=O) groups is 2. The molecule has 1 amide bonds. The summed E-state index contributed by atoms with van der Waals surface area (Å²) in [6.07, 6.45) is 6.56. The van der Waals surface area contributed by atoms with Crippen molar-refractivity contribution in [2.45, 2.75) is 64.0 Å². The van der Waals surface area contributed by atoms with Crippen molar-refractivity contribution < 1.29 is 14.3 Å². The van der Waals surface area contributed by atoms with Gasteiger partial charge in [-0.2, -0.15) is 0 Å². The lowest BCUT2D eigenvalue weighted by molar-refractivity contribution is -0.134.